The average Bonchev–Trinajstić information content (AvgIpc) is 2.64. The third-order valence-corrected chi connectivity index (χ3v) is 4.13. The molecule has 0 aliphatic rings. The Labute approximate surface area is 151 Å². The van der Waals surface area contributed by atoms with Crippen molar-refractivity contribution in [3.8, 4) is 0 Å². The second-order valence-corrected chi connectivity index (χ2v) is 6.00. The number of amides is 2. The number of hydrogen-bond donors (Lipinski definition) is 3. The molecule has 0 aromatic heterocycles. The van der Waals surface area contributed by atoms with Crippen molar-refractivity contribution in [1.82, 2.24) is 5.32 Å². The normalized spacial score (nSPS) is 10.5. The Bertz CT molecular complexity index is 814. The zero-order chi connectivity index (χ0) is 17.6. The number of nitrogens with one attached hydrogen (secondary N) is 2. The van der Waals surface area contributed by atoms with Crippen molar-refractivity contribution in [2.45, 2.75) is 6.04 Å². The topological polar surface area (TPSA) is 67.1 Å². The van der Waals surface area contributed by atoms with Gasteiger partial charge in [0, 0.05) is 5.69 Å². The Kier molecular flexibility index (Phi) is 5.21. The van der Waals surface area contributed by atoms with Crippen LogP contribution in [0.15, 0.2) is 78.9 Å². The molecule has 3 rings (SSSR count). The number of carbonyl (C=O) groups is 1. The molecule has 0 aliphatic heterocycles. The minimum atomic E-state index is -0.321. The Balaban J connectivity index is 1.80. The summed E-state index contributed by atoms with van der Waals surface area (Å²) in [6.45, 7) is 0. The van der Waals surface area contributed by atoms with Crippen molar-refractivity contribution in [1.29, 1.82) is 0 Å². The van der Waals surface area contributed by atoms with Gasteiger partial charge in [0.05, 0.1) is 16.8 Å². The minimum Gasteiger partial charge on any atom is -0.398 e. The van der Waals surface area contributed by atoms with Crippen LogP contribution in [0.2, 0.25) is 5.02 Å². The third-order valence-electron chi connectivity index (χ3n) is 3.80. The third kappa shape index (κ3) is 4.31. The molecule has 0 heterocycles. The molecule has 25 heavy (non-hydrogen) atoms. The van der Waals surface area contributed by atoms with E-state index in [9.17, 15) is 4.79 Å². The van der Waals surface area contributed by atoms with Crippen LogP contribution < -0.4 is 16.4 Å². The first-order chi connectivity index (χ1) is 12.1. The number of hydrogen-bond acceptors (Lipinski definition) is 2. The van der Waals surface area contributed by atoms with Crippen molar-refractivity contribution < 1.29 is 4.79 Å². The van der Waals surface area contributed by atoms with Gasteiger partial charge in [-0.2, -0.15) is 0 Å². The molecule has 0 unspecified atom stereocenters. The predicted octanol–water partition coefficient (Wildman–Crippen LogP) is 4.83. The van der Waals surface area contributed by atoms with E-state index in [4.69, 9.17) is 17.3 Å². The summed E-state index contributed by atoms with van der Waals surface area (Å²) in [4.78, 5) is 12.5. The number of nitrogens with two attached hydrogens (primary N) is 1. The van der Waals surface area contributed by atoms with Crippen LogP contribution in [0, 0.1) is 0 Å². The van der Waals surface area contributed by atoms with Crippen LogP contribution in [0.25, 0.3) is 0 Å². The minimum absolute atomic E-state index is 0.258. The fraction of sp³-hybridized carbons (Fsp3) is 0.0500. The van der Waals surface area contributed by atoms with E-state index in [-0.39, 0.29) is 12.1 Å². The van der Waals surface area contributed by atoms with Crippen molar-refractivity contribution in [2.75, 3.05) is 11.1 Å². The van der Waals surface area contributed by atoms with Crippen molar-refractivity contribution in [3.05, 3.63) is 95.0 Å². The molecule has 0 bridgehead atoms. The highest BCUT2D eigenvalue weighted by molar-refractivity contribution is 6.33. The van der Waals surface area contributed by atoms with E-state index >= 15 is 0 Å². The fourth-order valence-corrected chi connectivity index (χ4v) is 2.73. The molecule has 0 saturated heterocycles. The van der Waals surface area contributed by atoms with E-state index in [2.05, 4.69) is 10.6 Å². The van der Waals surface area contributed by atoms with E-state index < -0.39 is 0 Å². The lowest BCUT2D eigenvalue weighted by Gasteiger charge is -2.20. The molecule has 0 atom stereocenters. The molecular weight excluding hydrogens is 334 g/mol. The van der Waals surface area contributed by atoms with Gasteiger partial charge >= 0.3 is 6.03 Å². The predicted molar refractivity (Wildman–Crippen MR) is 103 cm³/mol. The molecule has 4 nitrogen and oxygen atoms in total. The molecule has 0 fully saturated rings. The summed E-state index contributed by atoms with van der Waals surface area (Å²) in [5, 5.41) is 6.20. The molecular formula is C20H18ClN3O. The van der Waals surface area contributed by atoms with Crippen LogP contribution in [0.5, 0.6) is 0 Å². The van der Waals surface area contributed by atoms with Gasteiger partial charge in [0.2, 0.25) is 0 Å². The number of urea groups is 1. The van der Waals surface area contributed by atoms with Crippen LogP contribution in [0.1, 0.15) is 17.2 Å². The summed E-state index contributed by atoms with van der Waals surface area (Å²) in [6.07, 6.45) is 0. The highest BCUT2D eigenvalue weighted by Crippen LogP contribution is 2.24. The Hall–Kier alpha value is -2.98. The largest absolute Gasteiger partial charge is 0.398 e. The molecule has 126 valence electrons. The molecule has 4 N–H and O–H groups in total. The van der Waals surface area contributed by atoms with Crippen molar-refractivity contribution in [2.24, 2.45) is 0 Å². The lowest BCUT2D eigenvalue weighted by atomic mass is 9.99. The van der Waals surface area contributed by atoms with Gasteiger partial charge in [0.1, 0.15) is 0 Å². The van der Waals surface area contributed by atoms with Crippen LogP contribution in [-0.2, 0) is 0 Å². The maximum absolute atomic E-state index is 12.5. The molecule has 3 aromatic rings. The Morgan fingerprint density at radius 3 is 1.96 bits per heavy atom. The van der Waals surface area contributed by atoms with E-state index in [0.29, 0.717) is 16.4 Å². The second-order valence-electron chi connectivity index (χ2n) is 5.59. The van der Waals surface area contributed by atoms with Gasteiger partial charge < -0.3 is 16.4 Å². The van der Waals surface area contributed by atoms with Crippen molar-refractivity contribution in [3.63, 3.8) is 0 Å². The first-order valence-corrected chi connectivity index (χ1v) is 8.24. The molecule has 0 radical (unpaired) electrons. The van der Waals surface area contributed by atoms with Gasteiger partial charge in [-0.1, -0.05) is 72.3 Å². The number of rotatable bonds is 4. The quantitative estimate of drug-likeness (QED) is 0.589. The maximum Gasteiger partial charge on any atom is 0.319 e. The highest BCUT2D eigenvalue weighted by atomic mass is 35.5. The van der Waals surface area contributed by atoms with Gasteiger partial charge in [-0.3, -0.25) is 0 Å². The Morgan fingerprint density at radius 1 is 0.880 bits per heavy atom. The molecule has 3 aromatic carbocycles. The molecule has 2 amide bonds. The maximum atomic E-state index is 12.5. The summed E-state index contributed by atoms with van der Waals surface area (Å²) in [6, 6.07) is 24.0. The van der Waals surface area contributed by atoms with E-state index in [1.165, 1.54) is 0 Å². The smallest absolute Gasteiger partial charge is 0.319 e. The van der Waals surface area contributed by atoms with E-state index in [1.54, 1.807) is 18.2 Å². The number of anilines is 2. The van der Waals surface area contributed by atoms with Gasteiger partial charge in [-0.05, 0) is 29.3 Å². The lowest BCUT2D eigenvalue weighted by Crippen LogP contribution is -2.33. The van der Waals surface area contributed by atoms with Gasteiger partial charge in [0.15, 0.2) is 0 Å². The van der Waals surface area contributed by atoms with Gasteiger partial charge in [0.25, 0.3) is 0 Å². The van der Waals surface area contributed by atoms with Crippen LogP contribution in [0.3, 0.4) is 0 Å². The highest BCUT2D eigenvalue weighted by Gasteiger charge is 2.16. The number of nitrogen functional groups attached to an aromatic ring is 1. The standard InChI is InChI=1S/C20H18ClN3O/c21-17-13-16(11-12-18(17)22)23-20(25)24-19(14-7-3-1-4-8-14)15-9-5-2-6-10-15/h1-13,19H,22H2,(H2,23,24,25). The van der Waals surface area contributed by atoms with E-state index in [1.807, 2.05) is 60.7 Å². The van der Waals surface area contributed by atoms with Crippen LogP contribution in [0.4, 0.5) is 16.2 Å². The number of carbonyl (C=O) groups excluding carboxylic acids is 1. The van der Waals surface area contributed by atoms with Gasteiger partial charge in [-0.25, -0.2) is 4.79 Å². The summed E-state index contributed by atoms with van der Waals surface area (Å²) in [7, 11) is 0. The number of halogens is 1. The second kappa shape index (κ2) is 7.73. The fourth-order valence-electron chi connectivity index (χ4n) is 2.55. The monoisotopic (exact) mass is 351 g/mol. The number of benzene rings is 3. The first-order valence-electron chi connectivity index (χ1n) is 7.86. The molecule has 0 saturated carbocycles. The summed E-state index contributed by atoms with van der Waals surface area (Å²) in [5.74, 6) is 0. The van der Waals surface area contributed by atoms with Gasteiger partial charge in [-0.15, -0.1) is 0 Å². The SMILES string of the molecule is Nc1ccc(NC(=O)NC(c2ccccc2)c2ccccc2)cc1Cl. The van der Waals surface area contributed by atoms with Crippen LogP contribution >= 0.6 is 11.6 Å². The first kappa shape index (κ1) is 16.9. The molecule has 0 spiro atoms. The van der Waals surface area contributed by atoms with Crippen molar-refractivity contribution >= 4 is 29.0 Å². The zero-order valence-electron chi connectivity index (χ0n) is 13.4. The average molecular weight is 352 g/mol. The summed E-state index contributed by atoms with van der Waals surface area (Å²) < 4.78 is 0. The van der Waals surface area contributed by atoms with Crippen LogP contribution in [-0.4, -0.2) is 6.03 Å². The van der Waals surface area contributed by atoms with E-state index in [0.717, 1.165) is 11.1 Å². The summed E-state index contributed by atoms with van der Waals surface area (Å²) >= 11 is 6.00. The zero-order valence-corrected chi connectivity index (χ0v) is 14.2. The summed E-state index contributed by atoms with van der Waals surface area (Å²) in [5.41, 5.74) is 8.74. The molecule has 5 heteroatoms. The Morgan fingerprint density at radius 2 is 1.44 bits per heavy atom. The lowest BCUT2D eigenvalue weighted by molar-refractivity contribution is 0.250. The molecule has 0 aliphatic carbocycles.